The van der Waals surface area contributed by atoms with E-state index in [1.165, 1.54) is 0 Å². The second-order valence-electron chi connectivity index (χ2n) is 3.95. The Morgan fingerprint density at radius 2 is 2.07 bits per heavy atom. The molecule has 0 spiro atoms. The van der Waals surface area contributed by atoms with Gasteiger partial charge in [0.15, 0.2) is 0 Å². The Morgan fingerprint density at radius 1 is 1.40 bits per heavy atom. The monoisotopic (exact) mass is 247 g/mol. The lowest BCUT2D eigenvalue weighted by molar-refractivity contribution is 0.0539. The molecule has 4 heteroatoms. The molecular formula is C11H15Cl2NO. The summed E-state index contributed by atoms with van der Waals surface area (Å²) in [5.74, 6) is 0. The molecular weight excluding hydrogens is 233 g/mol. The molecule has 1 unspecified atom stereocenters. The Hall–Kier alpha value is -0.280. The van der Waals surface area contributed by atoms with Crippen molar-refractivity contribution < 1.29 is 5.11 Å². The summed E-state index contributed by atoms with van der Waals surface area (Å²) in [6.45, 7) is 2.21. The van der Waals surface area contributed by atoms with Crippen LogP contribution in [0.4, 0.5) is 0 Å². The van der Waals surface area contributed by atoms with E-state index in [0.29, 0.717) is 29.4 Å². The van der Waals surface area contributed by atoms with E-state index in [9.17, 15) is 5.11 Å². The van der Waals surface area contributed by atoms with E-state index in [-0.39, 0.29) is 0 Å². The second kappa shape index (κ2) is 5.17. The summed E-state index contributed by atoms with van der Waals surface area (Å²) in [4.78, 5) is 0. The third-order valence-electron chi connectivity index (χ3n) is 2.27. The van der Waals surface area contributed by atoms with Crippen LogP contribution in [0.1, 0.15) is 18.9 Å². The van der Waals surface area contributed by atoms with Gasteiger partial charge in [-0.3, -0.25) is 0 Å². The average molecular weight is 248 g/mol. The average Bonchev–Trinajstić information content (AvgIpc) is 2.09. The van der Waals surface area contributed by atoms with Crippen LogP contribution in [0.25, 0.3) is 0 Å². The number of hydrogen-bond donors (Lipinski definition) is 2. The first-order valence-electron chi connectivity index (χ1n) is 4.81. The molecule has 3 N–H and O–H groups in total. The summed E-state index contributed by atoms with van der Waals surface area (Å²) in [6, 6.07) is 5.27. The minimum atomic E-state index is -0.813. The molecule has 15 heavy (non-hydrogen) atoms. The molecule has 84 valence electrons. The largest absolute Gasteiger partial charge is 0.390 e. The summed E-state index contributed by atoms with van der Waals surface area (Å²) in [7, 11) is 0. The SMILES string of the molecule is CC(O)(CCN)Cc1ccc(Cl)cc1Cl. The summed E-state index contributed by atoms with van der Waals surface area (Å²) in [6.07, 6.45) is 1.03. The van der Waals surface area contributed by atoms with Crippen molar-refractivity contribution in [1.29, 1.82) is 0 Å². The van der Waals surface area contributed by atoms with E-state index in [0.717, 1.165) is 5.56 Å². The first-order valence-corrected chi connectivity index (χ1v) is 5.56. The predicted molar refractivity (Wildman–Crippen MR) is 64.5 cm³/mol. The number of nitrogens with two attached hydrogens (primary N) is 1. The van der Waals surface area contributed by atoms with Gasteiger partial charge in [-0.25, -0.2) is 0 Å². The van der Waals surface area contributed by atoms with Crippen molar-refractivity contribution in [2.24, 2.45) is 5.73 Å². The molecule has 0 bridgehead atoms. The van der Waals surface area contributed by atoms with Crippen LogP contribution in [-0.4, -0.2) is 17.3 Å². The van der Waals surface area contributed by atoms with E-state index in [4.69, 9.17) is 28.9 Å². The minimum absolute atomic E-state index is 0.457. The minimum Gasteiger partial charge on any atom is -0.390 e. The van der Waals surface area contributed by atoms with E-state index >= 15 is 0 Å². The number of rotatable bonds is 4. The van der Waals surface area contributed by atoms with Gasteiger partial charge in [0.05, 0.1) is 5.60 Å². The van der Waals surface area contributed by atoms with Crippen LogP contribution in [0.3, 0.4) is 0 Å². The predicted octanol–water partition coefficient (Wildman–Crippen LogP) is 2.64. The Bertz CT molecular complexity index is 339. The lowest BCUT2D eigenvalue weighted by Crippen LogP contribution is -2.30. The number of benzene rings is 1. The van der Waals surface area contributed by atoms with Crippen LogP contribution < -0.4 is 5.73 Å². The standard InChI is InChI=1S/C11H15Cl2NO/c1-11(15,4-5-14)7-8-2-3-9(12)6-10(8)13/h2-3,6,15H,4-5,7,14H2,1H3. The van der Waals surface area contributed by atoms with Crippen molar-refractivity contribution in [2.45, 2.75) is 25.4 Å². The van der Waals surface area contributed by atoms with Gasteiger partial charge in [0.25, 0.3) is 0 Å². The Kier molecular flexibility index (Phi) is 4.41. The van der Waals surface area contributed by atoms with Crippen LogP contribution in [0.2, 0.25) is 10.0 Å². The molecule has 0 saturated carbocycles. The summed E-state index contributed by atoms with van der Waals surface area (Å²) < 4.78 is 0. The van der Waals surface area contributed by atoms with Gasteiger partial charge < -0.3 is 10.8 Å². The van der Waals surface area contributed by atoms with Crippen LogP contribution in [0, 0.1) is 0 Å². The fraction of sp³-hybridized carbons (Fsp3) is 0.455. The second-order valence-corrected chi connectivity index (χ2v) is 4.79. The highest BCUT2D eigenvalue weighted by atomic mass is 35.5. The van der Waals surface area contributed by atoms with Crippen molar-refractivity contribution in [1.82, 2.24) is 0 Å². The van der Waals surface area contributed by atoms with Crippen molar-refractivity contribution in [3.8, 4) is 0 Å². The summed E-state index contributed by atoms with van der Waals surface area (Å²) in [5.41, 5.74) is 5.49. The van der Waals surface area contributed by atoms with Crippen molar-refractivity contribution in [2.75, 3.05) is 6.54 Å². The van der Waals surface area contributed by atoms with E-state index < -0.39 is 5.60 Å². The van der Waals surface area contributed by atoms with Gasteiger partial charge in [-0.05, 0) is 37.6 Å². The molecule has 1 atom stereocenters. The van der Waals surface area contributed by atoms with E-state index in [2.05, 4.69) is 0 Å². The maximum absolute atomic E-state index is 9.99. The topological polar surface area (TPSA) is 46.2 Å². The number of hydrogen-bond acceptors (Lipinski definition) is 2. The number of aliphatic hydroxyl groups is 1. The maximum Gasteiger partial charge on any atom is 0.0672 e. The third-order valence-corrected chi connectivity index (χ3v) is 2.86. The normalized spacial score (nSPS) is 15.0. The summed E-state index contributed by atoms with van der Waals surface area (Å²) >= 11 is 11.8. The number of halogens is 2. The molecule has 1 rings (SSSR count). The van der Waals surface area contributed by atoms with Crippen LogP contribution in [0.5, 0.6) is 0 Å². The zero-order valence-electron chi connectivity index (χ0n) is 8.63. The quantitative estimate of drug-likeness (QED) is 0.860. The van der Waals surface area contributed by atoms with Gasteiger partial charge >= 0.3 is 0 Å². The first kappa shape index (κ1) is 12.8. The van der Waals surface area contributed by atoms with Crippen LogP contribution in [0.15, 0.2) is 18.2 Å². The first-order chi connectivity index (χ1) is 6.94. The molecule has 1 aromatic carbocycles. The zero-order chi connectivity index (χ0) is 11.5. The highest BCUT2D eigenvalue weighted by Gasteiger charge is 2.21. The van der Waals surface area contributed by atoms with Crippen molar-refractivity contribution in [3.05, 3.63) is 33.8 Å². The lowest BCUT2D eigenvalue weighted by atomic mass is 9.93. The van der Waals surface area contributed by atoms with Gasteiger partial charge in [0.2, 0.25) is 0 Å². The molecule has 0 saturated heterocycles. The smallest absolute Gasteiger partial charge is 0.0672 e. The molecule has 0 heterocycles. The van der Waals surface area contributed by atoms with Gasteiger partial charge in [0.1, 0.15) is 0 Å². The molecule has 0 fully saturated rings. The highest BCUT2D eigenvalue weighted by Crippen LogP contribution is 2.25. The van der Waals surface area contributed by atoms with E-state index in [1.54, 1.807) is 19.1 Å². The zero-order valence-corrected chi connectivity index (χ0v) is 10.1. The van der Waals surface area contributed by atoms with Gasteiger partial charge in [0, 0.05) is 16.5 Å². The Morgan fingerprint density at radius 3 is 2.60 bits per heavy atom. The highest BCUT2D eigenvalue weighted by molar-refractivity contribution is 6.35. The third kappa shape index (κ3) is 3.99. The van der Waals surface area contributed by atoms with Crippen LogP contribution >= 0.6 is 23.2 Å². The van der Waals surface area contributed by atoms with Gasteiger partial charge in [-0.2, -0.15) is 0 Å². The summed E-state index contributed by atoms with van der Waals surface area (Å²) in [5, 5.41) is 11.2. The lowest BCUT2D eigenvalue weighted by Gasteiger charge is -2.23. The molecule has 2 nitrogen and oxygen atoms in total. The van der Waals surface area contributed by atoms with E-state index in [1.807, 2.05) is 6.07 Å². The molecule has 0 aliphatic heterocycles. The van der Waals surface area contributed by atoms with Crippen molar-refractivity contribution >= 4 is 23.2 Å². The fourth-order valence-corrected chi connectivity index (χ4v) is 1.95. The maximum atomic E-state index is 9.99. The Labute approximate surface area is 100.0 Å². The molecule has 0 amide bonds. The fourth-order valence-electron chi connectivity index (χ4n) is 1.47. The molecule has 0 aromatic heterocycles. The molecule has 1 aromatic rings. The van der Waals surface area contributed by atoms with Crippen LogP contribution in [-0.2, 0) is 6.42 Å². The van der Waals surface area contributed by atoms with Crippen molar-refractivity contribution in [3.63, 3.8) is 0 Å². The Balaban J connectivity index is 2.80. The molecule has 0 radical (unpaired) electrons. The van der Waals surface area contributed by atoms with Gasteiger partial charge in [-0.1, -0.05) is 29.3 Å². The molecule has 0 aliphatic rings. The molecule has 0 aliphatic carbocycles. The van der Waals surface area contributed by atoms with Gasteiger partial charge in [-0.15, -0.1) is 0 Å².